The van der Waals surface area contributed by atoms with Crippen LogP contribution >= 0.6 is 27.7 Å². The Labute approximate surface area is 169 Å². The van der Waals surface area contributed by atoms with E-state index in [1.54, 1.807) is 24.4 Å². The first kappa shape index (κ1) is 18.3. The van der Waals surface area contributed by atoms with Crippen molar-refractivity contribution in [3.8, 4) is 11.3 Å². The van der Waals surface area contributed by atoms with Gasteiger partial charge in [-0.3, -0.25) is 4.79 Å². The average Bonchev–Trinajstić information content (AvgIpc) is 3.20. The standard InChI is InChI=1S/C18H14BrN3O3S2/c19-13-7-5-12(6-8-13)15-11-20-18(21-15)26-10-9-22-17(23)14-3-1-2-4-16(14)27(22,24)25/h1-8,11H,9-10H2,(H,20,21). The van der Waals surface area contributed by atoms with Crippen LogP contribution in [0.4, 0.5) is 0 Å². The van der Waals surface area contributed by atoms with Gasteiger partial charge in [0.1, 0.15) is 4.90 Å². The quantitative estimate of drug-likeness (QED) is 0.582. The number of fused-ring (bicyclic) bond motifs is 1. The number of hydrogen-bond donors (Lipinski definition) is 1. The van der Waals surface area contributed by atoms with E-state index in [9.17, 15) is 13.2 Å². The number of sulfonamides is 1. The Morgan fingerprint density at radius 3 is 2.59 bits per heavy atom. The molecule has 0 atom stereocenters. The van der Waals surface area contributed by atoms with Crippen molar-refractivity contribution < 1.29 is 13.2 Å². The number of carbonyl (C=O) groups excluding carboxylic acids is 1. The average molecular weight is 464 g/mol. The van der Waals surface area contributed by atoms with Crippen LogP contribution in [0, 0.1) is 0 Å². The SMILES string of the molecule is O=C1c2ccccc2S(=O)(=O)N1CCSc1ncc(-c2ccc(Br)cc2)[nH]1. The molecule has 1 amide bonds. The minimum Gasteiger partial charge on any atom is -0.333 e. The van der Waals surface area contributed by atoms with Gasteiger partial charge in [0.25, 0.3) is 15.9 Å². The minimum absolute atomic E-state index is 0.0792. The molecule has 0 bridgehead atoms. The largest absolute Gasteiger partial charge is 0.333 e. The number of amides is 1. The topological polar surface area (TPSA) is 83.1 Å². The molecule has 0 fully saturated rings. The summed E-state index contributed by atoms with van der Waals surface area (Å²) in [6.45, 7) is 0.0921. The Hall–Kier alpha value is -2.10. The zero-order valence-corrected chi connectivity index (χ0v) is 17.1. The summed E-state index contributed by atoms with van der Waals surface area (Å²) in [6.07, 6.45) is 1.74. The van der Waals surface area contributed by atoms with Crippen molar-refractivity contribution in [3.63, 3.8) is 0 Å². The van der Waals surface area contributed by atoms with Gasteiger partial charge in [0.05, 0.1) is 17.5 Å². The zero-order chi connectivity index (χ0) is 19.0. The Bertz CT molecular complexity index is 1110. The summed E-state index contributed by atoms with van der Waals surface area (Å²) in [6, 6.07) is 14.1. The number of aromatic amines is 1. The first-order chi connectivity index (χ1) is 13.0. The van der Waals surface area contributed by atoms with E-state index < -0.39 is 15.9 Å². The van der Waals surface area contributed by atoms with Crippen molar-refractivity contribution in [2.75, 3.05) is 12.3 Å². The van der Waals surface area contributed by atoms with E-state index >= 15 is 0 Å². The van der Waals surface area contributed by atoms with Gasteiger partial charge in [-0.15, -0.1) is 0 Å². The number of thioether (sulfide) groups is 1. The van der Waals surface area contributed by atoms with Crippen LogP contribution in [0.3, 0.4) is 0 Å². The predicted octanol–water partition coefficient (Wildman–Crippen LogP) is 3.78. The second-order valence-corrected chi connectivity index (χ2v) is 9.67. The van der Waals surface area contributed by atoms with Crippen molar-refractivity contribution in [1.29, 1.82) is 0 Å². The third-order valence-corrected chi connectivity index (χ3v) is 7.39. The molecule has 2 heterocycles. The number of halogens is 1. The van der Waals surface area contributed by atoms with Gasteiger partial charge in [-0.05, 0) is 29.8 Å². The molecular formula is C18H14BrN3O3S2. The second kappa shape index (κ2) is 7.14. The van der Waals surface area contributed by atoms with Gasteiger partial charge in [-0.2, -0.15) is 0 Å². The van der Waals surface area contributed by atoms with Crippen molar-refractivity contribution >= 4 is 43.6 Å². The van der Waals surface area contributed by atoms with Gasteiger partial charge >= 0.3 is 0 Å². The molecule has 0 aliphatic carbocycles. The molecule has 138 valence electrons. The Kier molecular flexibility index (Phi) is 4.83. The smallest absolute Gasteiger partial charge is 0.269 e. The third-order valence-electron chi connectivity index (χ3n) is 4.15. The molecular weight excluding hydrogens is 450 g/mol. The summed E-state index contributed by atoms with van der Waals surface area (Å²) in [5.74, 6) is -0.0621. The van der Waals surface area contributed by atoms with Crippen molar-refractivity contribution in [2.24, 2.45) is 0 Å². The van der Waals surface area contributed by atoms with Crippen LogP contribution in [0.2, 0.25) is 0 Å². The van der Waals surface area contributed by atoms with Crippen molar-refractivity contribution in [3.05, 3.63) is 64.8 Å². The van der Waals surface area contributed by atoms with Crippen LogP contribution in [-0.4, -0.2) is 40.9 Å². The van der Waals surface area contributed by atoms with Gasteiger partial charge in [0, 0.05) is 16.8 Å². The minimum atomic E-state index is -3.76. The number of aromatic nitrogens is 2. The van der Waals surface area contributed by atoms with Crippen LogP contribution in [0.15, 0.2) is 69.3 Å². The summed E-state index contributed by atoms with van der Waals surface area (Å²) >= 11 is 4.78. The first-order valence-corrected chi connectivity index (χ1v) is 11.3. The molecule has 0 spiro atoms. The number of nitrogens with zero attached hydrogens (tertiary/aromatic N) is 2. The molecule has 3 aromatic rings. The molecule has 6 nitrogen and oxygen atoms in total. The van der Waals surface area contributed by atoms with Crippen LogP contribution < -0.4 is 0 Å². The normalized spacial score (nSPS) is 15.1. The highest BCUT2D eigenvalue weighted by Crippen LogP contribution is 2.30. The molecule has 2 aromatic carbocycles. The molecule has 4 rings (SSSR count). The summed E-state index contributed by atoms with van der Waals surface area (Å²) in [5, 5.41) is 0.675. The highest BCUT2D eigenvalue weighted by Gasteiger charge is 2.40. The van der Waals surface area contributed by atoms with E-state index in [4.69, 9.17) is 0 Å². The van der Waals surface area contributed by atoms with E-state index in [2.05, 4.69) is 25.9 Å². The maximum atomic E-state index is 12.5. The van der Waals surface area contributed by atoms with Gasteiger partial charge in [0.15, 0.2) is 5.16 Å². The number of H-pyrrole nitrogens is 1. The third kappa shape index (κ3) is 3.42. The maximum absolute atomic E-state index is 12.5. The van der Waals surface area contributed by atoms with Crippen molar-refractivity contribution in [1.82, 2.24) is 14.3 Å². The first-order valence-electron chi connectivity index (χ1n) is 8.06. The fourth-order valence-corrected chi connectivity index (χ4v) is 5.56. The van der Waals surface area contributed by atoms with E-state index in [1.165, 1.54) is 17.8 Å². The van der Waals surface area contributed by atoms with Gasteiger partial charge in [-0.1, -0.05) is 52.0 Å². The van der Waals surface area contributed by atoms with Crippen LogP contribution in [0.25, 0.3) is 11.3 Å². The number of benzene rings is 2. The van der Waals surface area contributed by atoms with Gasteiger partial charge < -0.3 is 4.98 Å². The Morgan fingerprint density at radius 2 is 1.85 bits per heavy atom. The van der Waals surface area contributed by atoms with E-state index in [-0.39, 0.29) is 17.0 Å². The molecule has 0 unspecified atom stereocenters. The number of carbonyl (C=O) groups is 1. The number of nitrogens with one attached hydrogen (secondary N) is 1. The highest BCUT2D eigenvalue weighted by atomic mass is 79.9. The predicted molar refractivity (Wildman–Crippen MR) is 107 cm³/mol. The van der Waals surface area contributed by atoms with Crippen LogP contribution in [-0.2, 0) is 10.0 Å². The van der Waals surface area contributed by atoms with Crippen molar-refractivity contribution in [2.45, 2.75) is 10.1 Å². The van der Waals surface area contributed by atoms with E-state index in [1.807, 2.05) is 24.3 Å². The molecule has 1 aromatic heterocycles. The summed E-state index contributed by atoms with van der Waals surface area (Å²) in [7, 11) is -3.76. The van der Waals surface area contributed by atoms with Gasteiger partial charge in [-0.25, -0.2) is 17.7 Å². The van der Waals surface area contributed by atoms with E-state index in [0.29, 0.717) is 10.9 Å². The summed E-state index contributed by atoms with van der Waals surface area (Å²) < 4.78 is 27.0. The molecule has 1 N–H and O–H groups in total. The molecule has 1 aliphatic heterocycles. The van der Waals surface area contributed by atoms with E-state index in [0.717, 1.165) is 20.0 Å². The lowest BCUT2D eigenvalue weighted by atomic mass is 10.2. The van der Waals surface area contributed by atoms with Crippen LogP contribution in [0.1, 0.15) is 10.4 Å². The Balaban J connectivity index is 1.42. The molecule has 9 heteroatoms. The monoisotopic (exact) mass is 463 g/mol. The highest BCUT2D eigenvalue weighted by molar-refractivity contribution is 9.10. The van der Waals surface area contributed by atoms with Gasteiger partial charge in [0.2, 0.25) is 0 Å². The fourth-order valence-electron chi connectivity index (χ4n) is 2.83. The lowest BCUT2D eigenvalue weighted by Gasteiger charge is -2.14. The second-order valence-electron chi connectivity index (χ2n) is 5.84. The molecule has 27 heavy (non-hydrogen) atoms. The molecule has 1 aliphatic rings. The number of hydrogen-bond acceptors (Lipinski definition) is 5. The molecule has 0 radical (unpaired) electrons. The lowest BCUT2D eigenvalue weighted by Crippen LogP contribution is -2.32. The summed E-state index contributed by atoms with van der Waals surface area (Å²) in [4.78, 5) is 20.0. The lowest BCUT2D eigenvalue weighted by molar-refractivity contribution is 0.0876. The molecule has 0 saturated carbocycles. The summed E-state index contributed by atoms with van der Waals surface area (Å²) in [5.41, 5.74) is 2.12. The fraction of sp³-hybridized carbons (Fsp3) is 0.111. The zero-order valence-electron chi connectivity index (χ0n) is 13.9. The maximum Gasteiger partial charge on any atom is 0.269 e. The number of imidazole rings is 1. The Morgan fingerprint density at radius 1 is 1.11 bits per heavy atom. The van der Waals surface area contributed by atoms with Crippen LogP contribution in [0.5, 0.6) is 0 Å². The molecule has 0 saturated heterocycles. The number of rotatable bonds is 5.